The zero-order chi connectivity index (χ0) is 11.2. The molecule has 16 heavy (non-hydrogen) atoms. The van der Waals surface area contributed by atoms with Crippen molar-refractivity contribution in [3.63, 3.8) is 0 Å². The van der Waals surface area contributed by atoms with E-state index in [1.165, 1.54) is 11.5 Å². The number of aromatic nitrogens is 2. The Kier molecular flexibility index (Phi) is 4.50. The monoisotopic (exact) mass is 242 g/mol. The Balaban J connectivity index is 1.75. The third-order valence-corrected chi connectivity index (χ3v) is 3.14. The number of aryl methyl sites for hydroxylation is 1. The maximum atomic E-state index is 5.59. The average molecular weight is 242 g/mol. The molecule has 0 radical (unpaired) electrons. The minimum atomic E-state index is 0.243. The van der Waals surface area contributed by atoms with Crippen molar-refractivity contribution in [2.75, 3.05) is 31.6 Å². The second-order valence-electron chi connectivity index (χ2n) is 3.84. The topological polar surface area (TPSA) is 59.1 Å². The highest BCUT2D eigenvalue weighted by molar-refractivity contribution is 7.09. The molecule has 0 bridgehead atoms. The maximum Gasteiger partial charge on any atom is 0.202 e. The third-order valence-electron chi connectivity index (χ3n) is 2.43. The van der Waals surface area contributed by atoms with Crippen LogP contribution in [0.25, 0.3) is 0 Å². The minimum Gasteiger partial charge on any atom is -0.374 e. The molecular formula is C10H18N4OS. The van der Waals surface area contributed by atoms with Gasteiger partial charge in [-0.15, -0.1) is 0 Å². The highest BCUT2D eigenvalue weighted by atomic mass is 32.1. The molecule has 1 fully saturated rings. The molecule has 0 amide bonds. The van der Waals surface area contributed by atoms with Crippen LogP contribution in [0, 0.1) is 0 Å². The lowest BCUT2D eigenvalue weighted by molar-refractivity contribution is 0.0372. The number of hydrogen-bond donors (Lipinski definition) is 2. The van der Waals surface area contributed by atoms with Crippen LogP contribution < -0.4 is 10.6 Å². The van der Waals surface area contributed by atoms with Crippen molar-refractivity contribution in [2.24, 2.45) is 0 Å². The van der Waals surface area contributed by atoms with Gasteiger partial charge in [0.1, 0.15) is 5.82 Å². The Bertz CT molecular complexity index is 312. The summed E-state index contributed by atoms with van der Waals surface area (Å²) in [7, 11) is 0. The molecule has 0 spiro atoms. The van der Waals surface area contributed by atoms with Crippen molar-refractivity contribution in [1.29, 1.82) is 0 Å². The number of hydrogen-bond acceptors (Lipinski definition) is 6. The molecule has 1 aromatic heterocycles. The zero-order valence-corrected chi connectivity index (χ0v) is 10.3. The first kappa shape index (κ1) is 11.8. The van der Waals surface area contributed by atoms with E-state index in [4.69, 9.17) is 4.74 Å². The number of anilines is 1. The molecule has 1 atom stereocenters. The van der Waals surface area contributed by atoms with Crippen LogP contribution in [-0.2, 0) is 11.2 Å². The number of morpholine rings is 1. The molecule has 6 heteroatoms. The van der Waals surface area contributed by atoms with E-state index in [0.717, 1.165) is 50.0 Å². The fourth-order valence-corrected chi connectivity index (χ4v) is 2.22. The van der Waals surface area contributed by atoms with E-state index in [2.05, 4.69) is 26.9 Å². The Morgan fingerprint density at radius 2 is 2.56 bits per heavy atom. The van der Waals surface area contributed by atoms with Crippen molar-refractivity contribution in [3.05, 3.63) is 5.82 Å². The number of nitrogens with zero attached hydrogens (tertiary/aromatic N) is 2. The first-order valence-corrected chi connectivity index (χ1v) is 6.54. The number of rotatable bonds is 5. The molecular weight excluding hydrogens is 224 g/mol. The van der Waals surface area contributed by atoms with Crippen molar-refractivity contribution >= 4 is 16.7 Å². The lowest BCUT2D eigenvalue weighted by Crippen LogP contribution is -2.42. The lowest BCUT2D eigenvalue weighted by atomic mass is 10.3. The van der Waals surface area contributed by atoms with E-state index >= 15 is 0 Å². The molecule has 2 N–H and O–H groups in total. The normalized spacial score (nSPS) is 20.9. The highest BCUT2D eigenvalue weighted by Gasteiger charge is 2.13. The van der Waals surface area contributed by atoms with E-state index in [1.807, 2.05) is 0 Å². The predicted octanol–water partition coefficient (Wildman–Crippen LogP) is 0.891. The van der Waals surface area contributed by atoms with Gasteiger partial charge < -0.3 is 15.4 Å². The Morgan fingerprint density at radius 1 is 1.62 bits per heavy atom. The van der Waals surface area contributed by atoms with Gasteiger partial charge in [0.25, 0.3) is 0 Å². The summed E-state index contributed by atoms with van der Waals surface area (Å²) in [6, 6.07) is 0. The van der Waals surface area contributed by atoms with Crippen molar-refractivity contribution < 1.29 is 4.74 Å². The average Bonchev–Trinajstić information content (AvgIpc) is 2.76. The fourth-order valence-electron chi connectivity index (χ4n) is 1.60. The van der Waals surface area contributed by atoms with Gasteiger partial charge in [0, 0.05) is 37.6 Å². The van der Waals surface area contributed by atoms with E-state index in [0.29, 0.717) is 0 Å². The van der Waals surface area contributed by atoms with E-state index in [9.17, 15) is 0 Å². The van der Waals surface area contributed by atoms with Gasteiger partial charge in [-0.3, -0.25) is 0 Å². The Labute approximate surface area is 99.8 Å². The summed E-state index contributed by atoms with van der Waals surface area (Å²) in [4.78, 5) is 4.40. The zero-order valence-electron chi connectivity index (χ0n) is 9.53. The summed E-state index contributed by atoms with van der Waals surface area (Å²) in [5, 5.41) is 7.47. The molecule has 0 saturated carbocycles. The Hall–Kier alpha value is -0.720. The van der Waals surface area contributed by atoms with Crippen LogP contribution in [0.5, 0.6) is 0 Å². The third kappa shape index (κ3) is 3.40. The minimum absolute atomic E-state index is 0.243. The maximum absolute atomic E-state index is 5.59. The van der Waals surface area contributed by atoms with Gasteiger partial charge in [0.15, 0.2) is 0 Å². The SMILES string of the molecule is CCCc1nsc(NCC2CNCCO2)n1. The second-order valence-corrected chi connectivity index (χ2v) is 4.60. The van der Waals surface area contributed by atoms with Gasteiger partial charge in [-0.2, -0.15) is 4.37 Å². The molecule has 1 aromatic rings. The van der Waals surface area contributed by atoms with Crippen molar-refractivity contribution in [3.8, 4) is 0 Å². The molecule has 1 unspecified atom stereocenters. The summed E-state index contributed by atoms with van der Waals surface area (Å²) in [5.74, 6) is 0.942. The van der Waals surface area contributed by atoms with E-state index < -0.39 is 0 Å². The molecule has 0 aromatic carbocycles. The second kappa shape index (κ2) is 6.12. The van der Waals surface area contributed by atoms with Crippen LogP contribution in [0.15, 0.2) is 0 Å². The summed E-state index contributed by atoms with van der Waals surface area (Å²) < 4.78 is 9.87. The standard InChI is InChI=1S/C10H18N4OS/c1-2-3-9-13-10(16-14-9)12-7-8-6-11-4-5-15-8/h8,11H,2-7H2,1H3,(H,12,13,14). The molecule has 5 nitrogen and oxygen atoms in total. The fraction of sp³-hybridized carbons (Fsp3) is 0.800. The highest BCUT2D eigenvalue weighted by Crippen LogP contribution is 2.12. The molecule has 1 aliphatic heterocycles. The van der Waals surface area contributed by atoms with Crippen LogP contribution in [-0.4, -0.2) is 41.7 Å². The van der Waals surface area contributed by atoms with Crippen molar-refractivity contribution in [1.82, 2.24) is 14.7 Å². The van der Waals surface area contributed by atoms with Gasteiger partial charge in [-0.05, 0) is 6.42 Å². The molecule has 2 heterocycles. The van der Waals surface area contributed by atoms with Crippen LogP contribution in [0.1, 0.15) is 19.2 Å². The van der Waals surface area contributed by atoms with Crippen molar-refractivity contribution in [2.45, 2.75) is 25.9 Å². The van der Waals surface area contributed by atoms with Crippen LogP contribution >= 0.6 is 11.5 Å². The van der Waals surface area contributed by atoms with Gasteiger partial charge in [-0.25, -0.2) is 4.98 Å². The van der Waals surface area contributed by atoms with Crippen LogP contribution in [0.3, 0.4) is 0 Å². The smallest absolute Gasteiger partial charge is 0.202 e. The van der Waals surface area contributed by atoms with E-state index in [-0.39, 0.29) is 6.10 Å². The summed E-state index contributed by atoms with van der Waals surface area (Å²) in [6.07, 6.45) is 2.29. The van der Waals surface area contributed by atoms with Gasteiger partial charge in [-0.1, -0.05) is 6.92 Å². The lowest BCUT2D eigenvalue weighted by Gasteiger charge is -2.23. The van der Waals surface area contributed by atoms with E-state index in [1.54, 1.807) is 0 Å². The largest absolute Gasteiger partial charge is 0.374 e. The predicted molar refractivity (Wildman–Crippen MR) is 65.0 cm³/mol. The summed E-state index contributed by atoms with van der Waals surface area (Å²) in [5.41, 5.74) is 0. The van der Waals surface area contributed by atoms with Gasteiger partial charge >= 0.3 is 0 Å². The molecule has 90 valence electrons. The molecule has 0 aliphatic carbocycles. The summed E-state index contributed by atoms with van der Waals surface area (Å²) >= 11 is 1.43. The Morgan fingerprint density at radius 3 is 3.31 bits per heavy atom. The molecule has 2 rings (SSSR count). The quantitative estimate of drug-likeness (QED) is 0.803. The first-order valence-electron chi connectivity index (χ1n) is 5.77. The van der Waals surface area contributed by atoms with Crippen LogP contribution in [0.4, 0.5) is 5.13 Å². The molecule has 1 aliphatic rings. The van der Waals surface area contributed by atoms with Gasteiger partial charge in [0.05, 0.1) is 12.7 Å². The number of nitrogens with one attached hydrogen (secondary N) is 2. The number of ether oxygens (including phenoxy) is 1. The first-order chi connectivity index (χ1) is 7.88. The van der Waals surface area contributed by atoms with Gasteiger partial charge in [0.2, 0.25) is 5.13 Å². The molecule has 1 saturated heterocycles. The summed E-state index contributed by atoms with van der Waals surface area (Å²) in [6.45, 7) is 5.59. The van der Waals surface area contributed by atoms with Crippen LogP contribution in [0.2, 0.25) is 0 Å².